The van der Waals surface area contributed by atoms with E-state index >= 15 is 0 Å². The highest BCUT2D eigenvalue weighted by atomic mass is 16.7. The third kappa shape index (κ3) is 3.57. The predicted molar refractivity (Wildman–Crippen MR) is 97.1 cm³/mol. The number of ether oxygens (including phenoxy) is 1. The highest BCUT2D eigenvalue weighted by molar-refractivity contribution is 5.86. The molecular formula is C20H22N2O3. The first-order chi connectivity index (χ1) is 11.9. The monoisotopic (exact) mass is 338 g/mol. The highest BCUT2D eigenvalue weighted by Crippen LogP contribution is 2.32. The van der Waals surface area contributed by atoms with E-state index in [1.54, 1.807) is 0 Å². The molecule has 0 bridgehead atoms. The van der Waals surface area contributed by atoms with E-state index in [2.05, 4.69) is 4.84 Å². The van der Waals surface area contributed by atoms with Gasteiger partial charge < -0.3 is 14.1 Å². The van der Waals surface area contributed by atoms with Crippen molar-refractivity contribution in [1.29, 1.82) is 0 Å². The molecule has 0 amide bonds. The van der Waals surface area contributed by atoms with Gasteiger partial charge >= 0.3 is 5.97 Å². The lowest BCUT2D eigenvalue weighted by Gasteiger charge is -2.26. The van der Waals surface area contributed by atoms with Gasteiger partial charge in [-0.1, -0.05) is 36.4 Å². The smallest absolute Gasteiger partial charge is 0.359 e. The predicted octanol–water partition coefficient (Wildman–Crippen LogP) is 3.90. The molecule has 0 aliphatic carbocycles. The second-order valence-electron chi connectivity index (χ2n) is 6.85. The van der Waals surface area contributed by atoms with Crippen LogP contribution in [-0.2, 0) is 14.4 Å². The molecule has 1 atom stereocenters. The van der Waals surface area contributed by atoms with E-state index in [9.17, 15) is 4.79 Å². The Morgan fingerprint density at radius 1 is 1.04 bits per heavy atom. The van der Waals surface area contributed by atoms with Crippen molar-refractivity contribution in [2.24, 2.45) is 5.90 Å². The van der Waals surface area contributed by atoms with Crippen molar-refractivity contribution < 1.29 is 14.4 Å². The van der Waals surface area contributed by atoms with Crippen molar-refractivity contribution in [1.82, 2.24) is 4.57 Å². The molecule has 25 heavy (non-hydrogen) atoms. The molecule has 0 aliphatic heterocycles. The Morgan fingerprint density at radius 3 is 2.32 bits per heavy atom. The number of nitrogens with zero attached hydrogens (tertiary/aromatic N) is 1. The summed E-state index contributed by atoms with van der Waals surface area (Å²) in [7, 11) is 0. The Kier molecular flexibility index (Phi) is 4.61. The summed E-state index contributed by atoms with van der Waals surface area (Å²) in [5.74, 6) is 4.54. The molecule has 0 saturated carbocycles. The van der Waals surface area contributed by atoms with E-state index in [0.29, 0.717) is 5.69 Å². The lowest BCUT2D eigenvalue weighted by Crippen LogP contribution is -2.31. The molecule has 1 unspecified atom stereocenters. The number of benzene rings is 2. The number of hydrogen-bond donors (Lipinski definition) is 1. The summed E-state index contributed by atoms with van der Waals surface area (Å²) in [6.45, 7) is 5.66. The van der Waals surface area contributed by atoms with E-state index in [4.69, 9.17) is 10.6 Å². The van der Waals surface area contributed by atoms with Crippen molar-refractivity contribution >= 4 is 16.9 Å². The molecule has 5 heteroatoms. The van der Waals surface area contributed by atoms with Gasteiger partial charge in [-0.2, -0.15) is 5.90 Å². The molecule has 0 radical (unpaired) electrons. The summed E-state index contributed by atoms with van der Waals surface area (Å²) in [4.78, 5) is 16.9. The molecule has 0 spiro atoms. The van der Waals surface area contributed by atoms with E-state index in [-0.39, 0.29) is 0 Å². The van der Waals surface area contributed by atoms with Crippen LogP contribution >= 0.6 is 0 Å². The van der Waals surface area contributed by atoms with Crippen LogP contribution in [0.4, 0.5) is 0 Å². The second-order valence-corrected chi connectivity index (χ2v) is 6.85. The maximum absolute atomic E-state index is 12.4. The molecule has 1 heterocycles. The van der Waals surface area contributed by atoms with Crippen LogP contribution in [0.15, 0.2) is 60.7 Å². The maximum atomic E-state index is 12.4. The van der Waals surface area contributed by atoms with Gasteiger partial charge in [-0.3, -0.25) is 0 Å². The molecule has 3 rings (SSSR count). The zero-order valence-corrected chi connectivity index (χ0v) is 14.6. The van der Waals surface area contributed by atoms with E-state index < -0.39 is 17.7 Å². The molecule has 5 nitrogen and oxygen atoms in total. The zero-order chi connectivity index (χ0) is 18.0. The van der Waals surface area contributed by atoms with Crippen LogP contribution in [0.1, 0.15) is 32.6 Å². The van der Waals surface area contributed by atoms with Gasteiger partial charge in [0, 0.05) is 11.1 Å². The summed E-state index contributed by atoms with van der Waals surface area (Å²) in [6.07, 6.45) is -0.933. The third-order valence-electron chi connectivity index (χ3n) is 3.82. The van der Waals surface area contributed by atoms with E-state index in [0.717, 1.165) is 16.6 Å². The number of hydrogen-bond acceptors (Lipinski definition) is 4. The molecule has 130 valence electrons. The Balaban J connectivity index is 2.24. The third-order valence-corrected chi connectivity index (χ3v) is 3.82. The number of aromatic nitrogens is 1. The normalized spacial score (nSPS) is 13.0. The molecule has 2 N–H and O–H groups in total. The fraction of sp³-hybridized carbons (Fsp3) is 0.250. The van der Waals surface area contributed by atoms with Crippen LogP contribution in [0.25, 0.3) is 16.6 Å². The van der Waals surface area contributed by atoms with Gasteiger partial charge in [-0.15, -0.1) is 0 Å². The maximum Gasteiger partial charge on any atom is 0.359 e. The van der Waals surface area contributed by atoms with Crippen molar-refractivity contribution in [2.75, 3.05) is 0 Å². The standard InChI is InChI=1S/C20H22N2O3/c1-20(2,3)24-18(19(23)25-21)17-13-14-9-7-8-12-16(14)22(17)15-10-5-4-6-11-15/h4-13,18H,21H2,1-3H3. The van der Waals surface area contributed by atoms with Crippen molar-refractivity contribution in [2.45, 2.75) is 32.5 Å². The summed E-state index contributed by atoms with van der Waals surface area (Å²) >= 11 is 0. The quantitative estimate of drug-likeness (QED) is 0.733. The molecule has 0 saturated heterocycles. The lowest BCUT2D eigenvalue weighted by molar-refractivity contribution is -0.168. The van der Waals surface area contributed by atoms with E-state index in [1.165, 1.54) is 0 Å². The van der Waals surface area contributed by atoms with Crippen LogP contribution in [-0.4, -0.2) is 16.1 Å². The summed E-state index contributed by atoms with van der Waals surface area (Å²) < 4.78 is 8.00. The average Bonchev–Trinajstić information content (AvgIpc) is 2.98. The largest absolute Gasteiger partial charge is 0.371 e. The SMILES string of the molecule is CC(C)(C)OC(C(=O)ON)c1cc2ccccc2n1-c1ccccc1. The van der Waals surface area contributed by atoms with Crippen LogP contribution < -0.4 is 5.90 Å². The number of carbonyl (C=O) groups is 1. The van der Waals surface area contributed by atoms with Gasteiger partial charge in [0.25, 0.3) is 0 Å². The zero-order valence-electron chi connectivity index (χ0n) is 14.6. The highest BCUT2D eigenvalue weighted by Gasteiger charge is 2.32. The average molecular weight is 338 g/mol. The second kappa shape index (κ2) is 6.70. The number of carbonyl (C=O) groups excluding carboxylic acids is 1. The first-order valence-corrected chi connectivity index (χ1v) is 8.15. The van der Waals surface area contributed by atoms with Crippen LogP contribution in [0.5, 0.6) is 0 Å². The summed E-state index contributed by atoms with van der Waals surface area (Å²) in [6, 6.07) is 19.7. The first-order valence-electron chi connectivity index (χ1n) is 8.15. The van der Waals surface area contributed by atoms with Gasteiger partial charge in [-0.25, -0.2) is 4.79 Å². The Hall–Kier alpha value is -2.63. The molecule has 0 fully saturated rings. The van der Waals surface area contributed by atoms with Gasteiger partial charge in [0.1, 0.15) is 0 Å². The number of rotatable bonds is 4. The molecular weight excluding hydrogens is 316 g/mol. The van der Waals surface area contributed by atoms with Crippen molar-refractivity contribution in [3.63, 3.8) is 0 Å². The lowest BCUT2D eigenvalue weighted by atomic mass is 10.1. The van der Waals surface area contributed by atoms with Gasteiger partial charge in [0.05, 0.1) is 16.8 Å². The van der Waals surface area contributed by atoms with Gasteiger partial charge in [-0.05, 0) is 45.0 Å². The first kappa shape index (κ1) is 17.2. The fourth-order valence-electron chi connectivity index (χ4n) is 2.88. The molecule has 2 aromatic carbocycles. The Morgan fingerprint density at radius 2 is 1.68 bits per heavy atom. The van der Waals surface area contributed by atoms with Gasteiger partial charge in [0.15, 0.2) is 6.10 Å². The minimum atomic E-state index is -0.933. The van der Waals surface area contributed by atoms with E-state index in [1.807, 2.05) is 86.0 Å². The Labute approximate surface area is 146 Å². The minimum Gasteiger partial charge on any atom is -0.371 e. The fourth-order valence-corrected chi connectivity index (χ4v) is 2.88. The topological polar surface area (TPSA) is 66.5 Å². The Bertz CT molecular complexity index is 879. The molecule has 3 aromatic rings. The number of nitrogens with two attached hydrogens (primary N) is 1. The summed E-state index contributed by atoms with van der Waals surface area (Å²) in [5, 5.41) is 1.01. The van der Waals surface area contributed by atoms with Gasteiger partial charge in [0.2, 0.25) is 0 Å². The van der Waals surface area contributed by atoms with Crippen LogP contribution in [0, 0.1) is 0 Å². The van der Waals surface area contributed by atoms with Crippen molar-refractivity contribution in [3.8, 4) is 5.69 Å². The van der Waals surface area contributed by atoms with Crippen LogP contribution in [0.2, 0.25) is 0 Å². The van der Waals surface area contributed by atoms with Crippen molar-refractivity contribution in [3.05, 3.63) is 66.4 Å². The number of fused-ring (bicyclic) bond motifs is 1. The van der Waals surface area contributed by atoms with Crippen LogP contribution in [0.3, 0.4) is 0 Å². The molecule has 0 aliphatic rings. The summed E-state index contributed by atoms with van der Waals surface area (Å²) in [5.41, 5.74) is 2.05. The minimum absolute atomic E-state index is 0.545. The number of para-hydroxylation sites is 2. The molecule has 1 aromatic heterocycles.